The molecular weight excluding hydrogens is 276 g/mol. The van der Waals surface area contributed by atoms with Crippen LogP contribution >= 0.6 is 11.3 Å². The van der Waals surface area contributed by atoms with Gasteiger partial charge in [-0.15, -0.1) is 11.3 Å². The first-order chi connectivity index (χ1) is 9.52. The van der Waals surface area contributed by atoms with E-state index in [0.29, 0.717) is 18.0 Å². The van der Waals surface area contributed by atoms with Crippen LogP contribution in [0.5, 0.6) is 0 Å². The number of anilines is 1. The smallest absolute Gasteiger partial charge is 0.310 e. The molecule has 2 N–H and O–H groups in total. The summed E-state index contributed by atoms with van der Waals surface area (Å²) in [5, 5.41) is 12.8. The molecule has 0 radical (unpaired) electrons. The van der Waals surface area contributed by atoms with Gasteiger partial charge >= 0.3 is 5.97 Å². The molecule has 0 saturated heterocycles. The highest BCUT2D eigenvalue weighted by Gasteiger charge is 2.40. The second-order valence-electron chi connectivity index (χ2n) is 5.50. The van der Waals surface area contributed by atoms with Crippen LogP contribution < -0.4 is 5.32 Å². The number of carboxylic acid groups (broad SMARTS) is 1. The number of aromatic nitrogens is 1. The predicted octanol–water partition coefficient (Wildman–Crippen LogP) is 3.21. The third-order valence-corrected chi connectivity index (χ3v) is 4.71. The first-order valence-corrected chi connectivity index (χ1v) is 7.79. The number of thiazole rings is 1. The molecule has 0 aromatic carbocycles. The lowest BCUT2D eigenvalue weighted by Gasteiger charge is -2.27. The summed E-state index contributed by atoms with van der Waals surface area (Å²) in [5.74, 6) is -1.09. The van der Waals surface area contributed by atoms with Crippen LogP contribution in [-0.4, -0.2) is 22.0 Å². The predicted molar refractivity (Wildman–Crippen MR) is 77.9 cm³/mol. The summed E-state index contributed by atoms with van der Waals surface area (Å²) in [6, 6.07) is 0. The van der Waals surface area contributed by atoms with Gasteiger partial charge in [0.25, 0.3) is 0 Å². The number of rotatable bonds is 4. The van der Waals surface area contributed by atoms with Crippen LogP contribution in [0.3, 0.4) is 0 Å². The van der Waals surface area contributed by atoms with Gasteiger partial charge in [0.1, 0.15) is 0 Å². The van der Waals surface area contributed by atoms with E-state index in [1.165, 1.54) is 11.3 Å². The number of aryl methyl sites for hydroxylation is 1. The van der Waals surface area contributed by atoms with E-state index in [1.807, 2.05) is 6.92 Å². The average molecular weight is 296 g/mol. The number of amides is 1. The monoisotopic (exact) mass is 296 g/mol. The lowest BCUT2D eigenvalue weighted by atomic mass is 9.77. The number of carbonyl (C=O) groups is 2. The molecule has 5 nitrogen and oxygen atoms in total. The quantitative estimate of drug-likeness (QED) is 0.836. The maximum Gasteiger partial charge on any atom is 0.310 e. The minimum Gasteiger partial charge on any atom is -0.481 e. The SMILES string of the molecule is Cc1cnc(NC(=O)CC2(C(=O)O)CCCCCC2)s1. The fourth-order valence-corrected chi connectivity index (χ4v) is 3.44. The van der Waals surface area contributed by atoms with Crippen molar-refractivity contribution < 1.29 is 14.7 Å². The van der Waals surface area contributed by atoms with Crippen LogP contribution in [0.1, 0.15) is 49.8 Å². The number of hydrogen-bond acceptors (Lipinski definition) is 4. The third-order valence-electron chi connectivity index (χ3n) is 3.88. The summed E-state index contributed by atoms with van der Waals surface area (Å²) in [6.07, 6.45) is 6.80. The largest absolute Gasteiger partial charge is 0.481 e. The van der Waals surface area contributed by atoms with Gasteiger partial charge in [-0.05, 0) is 19.8 Å². The normalized spacial score (nSPS) is 18.2. The molecule has 1 aromatic rings. The third kappa shape index (κ3) is 3.56. The lowest BCUT2D eigenvalue weighted by Crippen LogP contribution is -2.35. The molecule has 2 rings (SSSR count). The summed E-state index contributed by atoms with van der Waals surface area (Å²) in [5.41, 5.74) is -0.896. The van der Waals surface area contributed by atoms with Crippen molar-refractivity contribution in [2.24, 2.45) is 5.41 Å². The Morgan fingerprint density at radius 3 is 2.50 bits per heavy atom. The topological polar surface area (TPSA) is 79.3 Å². The first-order valence-electron chi connectivity index (χ1n) is 6.97. The van der Waals surface area contributed by atoms with Crippen molar-refractivity contribution in [2.45, 2.75) is 51.9 Å². The van der Waals surface area contributed by atoms with E-state index in [2.05, 4.69) is 10.3 Å². The molecule has 0 unspecified atom stereocenters. The Balaban J connectivity index is 2.03. The van der Waals surface area contributed by atoms with E-state index >= 15 is 0 Å². The van der Waals surface area contributed by atoms with Gasteiger partial charge in [-0.2, -0.15) is 0 Å². The zero-order valence-corrected chi connectivity index (χ0v) is 12.5. The van der Waals surface area contributed by atoms with Gasteiger partial charge < -0.3 is 10.4 Å². The first kappa shape index (κ1) is 15.0. The Bertz CT molecular complexity index is 490. The molecule has 0 aliphatic heterocycles. The Hall–Kier alpha value is -1.43. The van der Waals surface area contributed by atoms with Crippen LogP contribution in [0, 0.1) is 12.3 Å². The summed E-state index contributed by atoms with van der Waals surface area (Å²) in [4.78, 5) is 28.8. The van der Waals surface area contributed by atoms with E-state index in [0.717, 1.165) is 30.6 Å². The van der Waals surface area contributed by atoms with Crippen molar-refractivity contribution in [1.29, 1.82) is 0 Å². The lowest BCUT2D eigenvalue weighted by molar-refractivity contribution is -0.152. The van der Waals surface area contributed by atoms with Gasteiger partial charge in [-0.3, -0.25) is 9.59 Å². The van der Waals surface area contributed by atoms with Crippen LogP contribution in [0.25, 0.3) is 0 Å². The second kappa shape index (κ2) is 6.35. The molecule has 0 bridgehead atoms. The highest BCUT2D eigenvalue weighted by atomic mass is 32.1. The van der Waals surface area contributed by atoms with Crippen molar-refractivity contribution in [3.05, 3.63) is 11.1 Å². The van der Waals surface area contributed by atoms with Crippen LogP contribution in [0.2, 0.25) is 0 Å². The zero-order valence-electron chi connectivity index (χ0n) is 11.6. The molecule has 0 atom stereocenters. The Morgan fingerprint density at radius 2 is 2.00 bits per heavy atom. The molecule has 0 spiro atoms. The van der Waals surface area contributed by atoms with Crippen molar-refractivity contribution >= 4 is 28.3 Å². The highest BCUT2D eigenvalue weighted by Crippen LogP contribution is 2.38. The molecule has 6 heteroatoms. The number of carboxylic acids is 1. The van der Waals surface area contributed by atoms with Gasteiger partial charge in [-0.1, -0.05) is 25.7 Å². The van der Waals surface area contributed by atoms with Crippen molar-refractivity contribution in [1.82, 2.24) is 4.98 Å². The molecule has 20 heavy (non-hydrogen) atoms. The standard InChI is InChI=1S/C14H20N2O3S/c1-10-9-15-13(20-10)16-11(17)8-14(12(18)19)6-4-2-3-5-7-14/h9H,2-8H2,1H3,(H,18,19)(H,15,16,17). The minimum atomic E-state index is -0.896. The van der Waals surface area contributed by atoms with Crippen LogP contribution in [-0.2, 0) is 9.59 Å². The average Bonchev–Trinajstić information content (AvgIpc) is 2.64. The molecular formula is C14H20N2O3S. The Morgan fingerprint density at radius 1 is 1.35 bits per heavy atom. The summed E-state index contributed by atoms with van der Waals surface area (Å²) >= 11 is 1.40. The Kier molecular flexibility index (Phi) is 4.75. The number of nitrogens with one attached hydrogen (secondary N) is 1. The molecule has 1 fully saturated rings. The molecule has 110 valence electrons. The van der Waals surface area contributed by atoms with Crippen LogP contribution in [0.4, 0.5) is 5.13 Å². The highest BCUT2D eigenvalue weighted by molar-refractivity contribution is 7.15. The summed E-state index contributed by atoms with van der Waals surface area (Å²) < 4.78 is 0. The molecule has 1 saturated carbocycles. The van der Waals surface area contributed by atoms with E-state index in [1.54, 1.807) is 6.20 Å². The molecule has 1 aliphatic rings. The van der Waals surface area contributed by atoms with Crippen molar-refractivity contribution in [2.75, 3.05) is 5.32 Å². The van der Waals surface area contributed by atoms with Crippen molar-refractivity contribution in [3.63, 3.8) is 0 Å². The van der Waals surface area contributed by atoms with Gasteiger partial charge in [0.2, 0.25) is 5.91 Å². The van der Waals surface area contributed by atoms with Gasteiger partial charge in [0, 0.05) is 17.5 Å². The fraction of sp³-hybridized carbons (Fsp3) is 0.643. The maximum atomic E-state index is 12.1. The molecule has 1 aromatic heterocycles. The number of hydrogen-bond donors (Lipinski definition) is 2. The van der Waals surface area contributed by atoms with Crippen molar-refractivity contribution in [3.8, 4) is 0 Å². The van der Waals surface area contributed by atoms with E-state index < -0.39 is 11.4 Å². The van der Waals surface area contributed by atoms with E-state index in [9.17, 15) is 14.7 Å². The number of nitrogens with zero attached hydrogens (tertiary/aromatic N) is 1. The summed E-state index contributed by atoms with van der Waals surface area (Å²) in [7, 11) is 0. The van der Waals surface area contributed by atoms with E-state index in [4.69, 9.17) is 0 Å². The number of aliphatic carboxylic acids is 1. The summed E-state index contributed by atoms with van der Waals surface area (Å²) in [6.45, 7) is 1.91. The second-order valence-corrected chi connectivity index (χ2v) is 6.74. The fourth-order valence-electron chi connectivity index (χ4n) is 2.75. The van der Waals surface area contributed by atoms with Gasteiger partial charge in [-0.25, -0.2) is 4.98 Å². The zero-order chi connectivity index (χ0) is 14.6. The van der Waals surface area contributed by atoms with Gasteiger partial charge in [0.15, 0.2) is 5.13 Å². The molecule has 1 amide bonds. The van der Waals surface area contributed by atoms with E-state index in [-0.39, 0.29) is 12.3 Å². The molecule has 1 heterocycles. The Labute approximate surface area is 122 Å². The minimum absolute atomic E-state index is 0.0426. The van der Waals surface area contributed by atoms with Gasteiger partial charge in [0.05, 0.1) is 5.41 Å². The molecule has 1 aliphatic carbocycles. The number of carbonyl (C=O) groups excluding carboxylic acids is 1. The van der Waals surface area contributed by atoms with Crippen LogP contribution in [0.15, 0.2) is 6.20 Å². The maximum absolute atomic E-state index is 12.1.